The number of carbonyl (C=O) groups is 1. The number of aliphatic hydroxyl groups excluding tert-OH is 1. The molecule has 1 N–H and O–H groups in total. The molecule has 1 heterocycles. The van der Waals surface area contributed by atoms with E-state index in [-0.39, 0.29) is 5.78 Å². The molecule has 0 saturated heterocycles. The Labute approximate surface area is 96.3 Å². The van der Waals surface area contributed by atoms with Crippen LogP contribution in [0.4, 0.5) is 0 Å². The van der Waals surface area contributed by atoms with Gasteiger partial charge in [-0.25, -0.2) is 0 Å². The zero-order chi connectivity index (χ0) is 12.3. The molecule has 1 aromatic heterocycles. The fourth-order valence-corrected chi connectivity index (χ4v) is 1.47. The first kappa shape index (κ1) is 12.9. The van der Waals surface area contributed by atoms with E-state index in [0.717, 1.165) is 6.42 Å². The number of ketones is 1. The Morgan fingerprint density at radius 3 is 2.69 bits per heavy atom. The van der Waals surface area contributed by atoms with Crippen LogP contribution in [-0.2, 0) is 6.54 Å². The fraction of sp³-hybridized carbons (Fsp3) is 0.667. The molecule has 0 amide bonds. The molecule has 1 aromatic rings. The van der Waals surface area contributed by atoms with Gasteiger partial charge in [-0.3, -0.25) is 9.48 Å². The van der Waals surface area contributed by atoms with E-state index in [1.54, 1.807) is 16.9 Å². The van der Waals surface area contributed by atoms with Crippen molar-refractivity contribution in [2.45, 2.75) is 46.8 Å². The molecule has 0 fully saturated rings. The van der Waals surface area contributed by atoms with Gasteiger partial charge in [-0.1, -0.05) is 27.7 Å². The summed E-state index contributed by atoms with van der Waals surface area (Å²) < 4.78 is 1.65. The summed E-state index contributed by atoms with van der Waals surface area (Å²) in [7, 11) is 0. The molecule has 0 aromatic carbocycles. The van der Waals surface area contributed by atoms with E-state index in [9.17, 15) is 9.90 Å². The van der Waals surface area contributed by atoms with E-state index >= 15 is 0 Å². The summed E-state index contributed by atoms with van der Waals surface area (Å²) in [5.41, 5.74) is 0.0440. The molecule has 0 aliphatic heterocycles. The van der Waals surface area contributed by atoms with Crippen molar-refractivity contribution >= 4 is 5.78 Å². The Hall–Kier alpha value is -1.16. The Bertz CT molecular complexity index is 363. The number of aliphatic hydroxyl groups is 1. The number of nitrogens with zero attached hydrogens (tertiary/aromatic N) is 2. The number of aryl methyl sites for hydroxylation is 1. The van der Waals surface area contributed by atoms with Crippen LogP contribution in [0.1, 0.15) is 44.6 Å². The predicted octanol–water partition coefficient (Wildman–Crippen LogP) is 1.88. The van der Waals surface area contributed by atoms with Gasteiger partial charge in [-0.05, 0) is 17.9 Å². The first-order chi connectivity index (χ1) is 7.38. The van der Waals surface area contributed by atoms with Crippen LogP contribution in [0, 0.1) is 5.41 Å². The average molecular weight is 224 g/mol. The highest BCUT2D eigenvalue weighted by Gasteiger charge is 2.31. The van der Waals surface area contributed by atoms with Crippen molar-refractivity contribution in [3.05, 3.63) is 18.0 Å². The number of Topliss-reactive ketones (excluding diaryl/α,β-unsaturated/α-hetero) is 1. The zero-order valence-electron chi connectivity index (χ0n) is 10.4. The van der Waals surface area contributed by atoms with E-state index < -0.39 is 11.5 Å². The first-order valence-corrected chi connectivity index (χ1v) is 5.62. The van der Waals surface area contributed by atoms with Crippen LogP contribution in [0.3, 0.4) is 0 Å². The molecule has 0 saturated carbocycles. The van der Waals surface area contributed by atoms with Crippen molar-refractivity contribution in [2.75, 3.05) is 0 Å². The molecule has 0 bridgehead atoms. The van der Waals surface area contributed by atoms with Crippen LogP contribution in [0.15, 0.2) is 12.3 Å². The van der Waals surface area contributed by atoms with Crippen molar-refractivity contribution in [2.24, 2.45) is 5.41 Å². The molecule has 0 spiro atoms. The summed E-state index contributed by atoms with van der Waals surface area (Å²) in [6.07, 6.45) is 1.52. The summed E-state index contributed by atoms with van der Waals surface area (Å²) in [5, 5.41) is 14.0. The van der Waals surface area contributed by atoms with E-state index in [1.165, 1.54) is 0 Å². The number of hydrogen-bond acceptors (Lipinski definition) is 3. The standard InChI is InChI=1S/C12H20N2O2/c1-5-8-14-9(6-7-13-14)10(15)11(16)12(2,3)4/h6-7,11,16H,5,8H2,1-4H3. The SMILES string of the molecule is CCCn1nccc1C(=O)C(O)C(C)(C)C. The largest absolute Gasteiger partial charge is 0.384 e. The lowest BCUT2D eigenvalue weighted by molar-refractivity contribution is 0.0432. The zero-order valence-corrected chi connectivity index (χ0v) is 10.4. The highest BCUT2D eigenvalue weighted by atomic mass is 16.3. The van der Waals surface area contributed by atoms with Gasteiger partial charge in [-0.2, -0.15) is 5.10 Å². The van der Waals surface area contributed by atoms with Crippen molar-refractivity contribution in [1.82, 2.24) is 9.78 Å². The van der Waals surface area contributed by atoms with E-state index in [0.29, 0.717) is 12.2 Å². The highest BCUT2D eigenvalue weighted by molar-refractivity contribution is 5.98. The lowest BCUT2D eigenvalue weighted by Gasteiger charge is -2.24. The molecule has 1 unspecified atom stereocenters. The lowest BCUT2D eigenvalue weighted by Crippen LogP contribution is -2.35. The molecular weight excluding hydrogens is 204 g/mol. The van der Waals surface area contributed by atoms with Gasteiger partial charge in [0.2, 0.25) is 5.78 Å². The molecule has 1 atom stereocenters. The topological polar surface area (TPSA) is 55.1 Å². The second-order valence-corrected chi connectivity index (χ2v) is 5.07. The first-order valence-electron chi connectivity index (χ1n) is 5.62. The minimum Gasteiger partial charge on any atom is -0.384 e. The predicted molar refractivity (Wildman–Crippen MR) is 62.3 cm³/mol. The van der Waals surface area contributed by atoms with Crippen molar-refractivity contribution < 1.29 is 9.90 Å². The Morgan fingerprint density at radius 1 is 1.56 bits per heavy atom. The molecule has 0 aliphatic carbocycles. The highest BCUT2D eigenvalue weighted by Crippen LogP contribution is 2.22. The van der Waals surface area contributed by atoms with E-state index in [1.807, 2.05) is 27.7 Å². The smallest absolute Gasteiger partial charge is 0.209 e. The molecular formula is C12H20N2O2. The molecule has 4 heteroatoms. The molecule has 0 aliphatic rings. The molecule has 16 heavy (non-hydrogen) atoms. The molecule has 90 valence electrons. The van der Waals surface area contributed by atoms with Crippen molar-refractivity contribution in [3.8, 4) is 0 Å². The third kappa shape index (κ3) is 2.70. The normalized spacial score (nSPS) is 13.8. The Balaban J connectivity index is 2.92. The van der Waals surface area contributed by atoms with Gasteiger partial charge in [0.05, 0.1) is 0 Å². The summed E-state index contributed by atoms with van der Waals surface area (Å²) in [6, 6.07) is 1.66. The maximum Gasteiger partial charge on any atom is 0.209 e. The summed E-state index contributed by atoms with van der Waals surface area (Å²) in [5.74, 6) is -0.251. The maximum absolute atomic E-state index is 12.0. The third-order valence-corrected chi connectivity index (χ3v) is 2.47. The van der Waals surface area contributed by atoms with Gasteiger partial charge in [0.25, 0.3) is 0 Å². The second-order valence-electron chi connectivity index (χ2n) is 5.07. The lowest BCUT2D eigenvalue weighted by atomic mass is 9.86. The molecule has 1 rings (SSSR count). The maximum atomic E-state index is 12.0. The quantitative estimate of drug-likeness (QED) is 0.794. The Kier molecular flexibility index (Phi) is 3.86. The van der Waals surface area contributed by atoms with Crippen LogP contribution in [0.2, 0.25) is 0 Å². The van der Waals surface area contributed by atoms with Gasteiger partial charge in [0, 0.05) is 12.7 Å². The molecule has 4 nitrogen and oxygen atoms in total. The van der Waals surface area contributed by atoms with Crippen molar-refractivity contribution in [1.29, 1.82) is 0 Å². The van der Waals surface area contributed by atoms with Crippen LogP contribution >= 0.6 is 0 Å². The van der Waals surface area contributed by atoms with Gasteiger partial charge >= 0.3 is 0 Å². The van der Waals surface area contributed by atoms with E-state index in [2.05, 4.69) is 5.10 Å². The van der Waals surface area contributed by atoms with Crippen molar-refractivity contribution in [3.63, 3.8) is 0 Å². The minimum absolute atomic E-state index is 0.251. The molecule has 0 radical (unpaired) electrons. The number of rotatable bonds is 4. The van der Waals surface area contributed by atoms with E-state index in [4.69, 9.17) is 0 Å². The van der Waals surface area contributed by atoms with Gasteiger partial charge in [0.1, 0.15) is 11.8 Å². The number of aromatic nitrogens is 2. The van der Waals surface area contributed by atoms with Gasteiger partial charge < -0.3 is 5.11 Å². The second kappa shape index (κ2) is 4.78. The van der Waals surface area contributed by atoms with Crippen LogP contribution in [0.25, 0.3) is 0 Å². The summed E-state index contributed by atoms with van der Waals surface area (Å²) in [4.78, 5) is 12.0. The van der Waals surface area contributed by atoms with Gasteiger partial charge in [0.15, 0.2) is 0 Å². The van der Waals surface area contributed by atoms with Crippen LogP contribution in [-0.4, -0.2) is 26.8 Å². The van der Waals surface area contributed by atoms with Crippen LogP contribution in [0.5, 0.6) is 0 Å². The monoisotopic (exact) mass is 224 g/mol. The fourth-order valence-electron chi connectivity index (χ4n) is 1.47. The van der Waals surface area contributed by atoms with Gasteiger partial charge in [-0.15, -0.1) is 0 Å². The Morgan fingerprint density at radius 2 is 2.19 bits per heavy atom. The third-order valence-electron chi connectivity index (χ3n) is 2.47. The number of carbonyl (C=O) groups excluding carboxylic acids is 1. The van der Waals surface area contributed by atoms with Crippen LogP contribution < -0.4 is 0 Å². The average Bonchev–Trinajstić information content (AvgIpc) is 2.63. The summed E-state index contributed by atoms with van der Waals surface area (Å²) in [6.45, 7) is 8.25. The summed E-state index contributed by atoms with van der Waals surface area (Å²) >= 11 is 0. The number of hydrogen-bond donors (Lipinski definition) is 1. The minimum atomic E-state index is -0.986.